The molecule has 2 heterocycles. The number of aromatic nitrogens is 3. The Morgan fingerprint density at radius 3 is 2.84 bits per heavy atom. The number of benzene rings is 1. The highest BCUT2D eigenvalue weighted by Gasteiger charge is 2.21. The largest absolute Gasteiger partial charge is 0.332 e. The molecule has 0 unspecified atom stereocenters. The molecule has 0 saturated heterocycles. The first-order valence-corrected chi connectivity index (χ1v) is 9.37. The van der Waals surface area contributed by atoms with Crippen molar-refractivity contribution in [2.45, 2.75) is 44.0 Å². The van der Waals surface area contributed by atoms with E-state index >= 15 is 0 Å². The lowest BCUT2D eigenvalue weighted by molar-refractivity contribution is -0.115. The number of hydrogen-bond donors (Lipinski definition) is 2. The van der Waals surface area contributed by atoms with Gasteiger partial charge in [-0.25, -0.2) is 9.97 Å². The van der Waals surface area contributed by atoms with E-state index < -0.39 is 0 Å². The molecular formula is C19H22N4OS. The molecule has 0 fully saturated rings. The number of carbonyl (C=O) groups excluding carboxylic acids is 1. The molecule has 25 heavy (non-hydrogen) atoms. The van der Waals surface area contributed by atoms with Crippen LogP contribution in [0.2, 0.25) is 0 Å². The van der Waals surface area contributed by atoms with Gasteiger partial charge in [-0.15, -0.1) is 0 Å². The van der Waals surface area contributed by atoms with Crippen LogP contribution in [0.3, 0.4) is 0 Å². The van der Waals surface area contributed by atoms with Crippen molar-refractivity contribution in [2.24, 2.45) is 0 Å². The molecule has 1 aromatic carbocycles. The molecule has 0 spiro atoms. The van der Waals surface area contributed by atoms with Crippen molar-refractivity contribution in [1.82, 2.24) is 15.0 Å². The first kappa shape index (κ1) is 17.5. The molecule has 2 N–H and O–H groups in total. The second-order valence-electron chi connectivity index (χ2n) is 5.88. The average Bonchev–Trinajstić information content (AvgIpc) is 3.03. The van der Waals surface area contributed by atoms with Crippen LogP contribution in [0.25, 0.3) is 11.2 Å². The summed E-state index contributed by atoms with van der Waals surface area (Å²) < 4.78 is 0. The fourth-order valence-corrected chi connectivity index (χ4v) is 3.65. The summed E-state index contributed by atoms with van der Waals surface area (Å²) in [5, 5.41) is 3.62. The second kappa shape index (κ2) is 7.70. The van der Waals surface area contributed by atoms with Gasteiger partial charge in [0.05, 0.1) is 10.8 Å². The van der Waals surface area contributed by atoms with Crippen molar-refractivity contribution in [3.8, 4) is 0 Å². The lowest BCUT2D eigenvalue weighted by atomic mass is 10.1. The topological polar surface area (TPSA) is 70.7 Å². The first-order valence-electron chi connectivity index (χ1n) is 8.49. The molecule has 0 aliphatic carbocycles. The Morgan fingerprint density at radius 1 is 1.28 bits per heavy atom. The van der Waals surface area contributed by atoms with Crippen molar-refractivity contribution in [3.05, 3.63) is 47.7 Å². The maximum atomic E-state index is 12.8. The number of anilines is 1. The molecular weight excluding hydrogens is 332 g/mol. The molecule has 130 valence electrons. The molecule has 5 nitrogen and oxygen atoms in total. The summed E-state index contributed by atoms with van der Waals surface area (Å²) in [5.41, 5.74) is 4.72. The SMILES string of the molecule is CCc1cccc(C)c1NC(=O)[C@H](CC)Sc1nc2ncccc2[nH]1. The quantitative estimate of drug-likeness (QED) is 0.646. The Kier molecular flexibility index (Phi) is 5.38. The first-order chi connectivity index (χ1) is 12.1. The Hall–Kier alpha value is -2.34. The van der Waals surface area contributed by atoms with Crippen LogP contribution in [-0.2, 0) is 11.2 Å². The molecule has 0 radical (unpaired) electrons. The summed E-state index contributed by atoms with van der Waals surface area (Å²) in [5.74, 6) is 0.00455. The van der Waals surface area contributed by atoms with Crippen LogP contribution in [-0.4, -0.2) is 26.1 Å². The molecule has 0 saturated carbocycles. The summed E-state index contributed by atoms with van der Waals surface area (Å²) in [6, 6.07) is 9.90. The highest BCUT2D eigenvalue weighted by molar-refractivity contribution is 8.00. The molecule has 1 atom stereocenters. The van der Waals surface area contributed by atoms with E-state index in [1.54, 1.807) is 6.20 Å². The Morgan fingerprint density at radius 2 is 2.12 bits per heavy atom. The van der Waals surface area contributed by atoms with Crippen LogP contribution < -0.4 is 5.32 Å². The van der Waals surface area contributed by atoms with E-state index in [-0.39, 0.29) is 11.2 Å². The number of pyridine rings is 1. The maximum Gasteiger partial charge on any atom is 0.237 e. The molecule has 0 bridgehead atoms. The van der Waals surface area contributed by atoms with E-state index in [0.717, 1.165) is 33.9 Å². The predicted octanol–water partition coefficient (Wildman–Crippen LogP) is 4.34. The average molecular weight is 354 g/mol. The number of thioether (sulfide) groups is 1. The number of aromatic amines is 1. The van der Waals surface area contributed by atoms with E-state index in [1.165, 1.54) is 11.8 Å². The Balaban J connectivity index is 1.77. The molecule has 3 aromatic rings. The number of para-hydroxylation sites is 1. The number of fused-ring (bicyclic) bond motifs is 1. The van der Waals surface area contributed by atoms with Crippen LogP contribution in [0, 0.1) is 6.92 Å². The predicted molar refractivity (Wildman–Crippen MR) is 103 cm³/mol. The van der Waals surface area contributed by atoms with Gasteiger partial charge in [-0.1, -0.05) is 43.8 Å². The zero-order chi connectivity index (χ0) is 17.8. The van der Waals surface area contributed by atoms with Crippen LogP contribution in [0.15, 0.2) is 41.7 Å². The number of aryl methyl sites for hydroxylation is 2. The third-order valence-corrected chi connectivity index (χ3v) is 5.39. The monoisotopic (exact) mass is 354 g/mol. The highest BCUT2D eigenvalue weighted by Crippen LogP contribution is 2.27. The van der Waals surface area contributed by atoms with Gasteiger partial charge in [0.25, 0.3) is 0 Å². The van der Waals surface area contributed by atoms with Crippen molar-refractivity contribution >= 4 is 34.5 Å². The third kappa shape index (κ3) is 3.85. The van der Waals surface area contributed by atoms with Crippen LogP contribution in [0.4, 0.5) is 5.69 Å². The van der Waals surface area contributed by atoms with Gasteiger partial charge >= 0.3 is 0 Å². The van der Waals surface area contributed by atoms with Crippen molar-refractivity contribution in [2.75, 3.05) is 5.32 Å². The summed E-state index contributed by atoms with van der Waals surface area (Å²) in [4.78, 5) is 24.7. The van der Waals surface area contributed by atoms with Crippen molar-refractivity contribution in [3.63, 3.8) is 0 Å². The van der Waals surface area contributed by atoms with Gasteiger partial charge in [0.15, 0.2) is 10.8 Å². The van der Waals surface area contributed by atoms with Gasteiger partial charge in [-0.2, -0.15) is 0 Å². The number of nitrogens with zero attached hydrogens (tertiary/aromatic N) is 2. The van der Waals surface area contributed by atoms with Crippen LogP contribution >= 0.6 is 11.8 Å². The van der Waals surface area contributed by atoms with Gasteiger partial charge in [-0.3, -0.25) is 4.79 Å². The van der Waals surface area contributed by atoms with Gasteiger partial charge in [0.1, 0.15) is 0 Å². The van der Waals surface area contributed by atoms with Gasteiger partial charge < -0.3 is 10.3 Å². The zero-order valence-corrected chi connectivity index (χ0v) is 15.5. The van der Waals surface area contributed by atoms with Crippen LogP contribution in [0.1, 0.15) is 31.4 Å². The van der Waals surface area contributed by atoms with E-state index in [0.29, 0.717) is 12.1 Å². The lowest BCUT2D eigenvalue weighted by Gasteiger charge is -2.17. The van der Waals surface area contributed by atoms with Gasteiger partial charge in [-0.05, 0) is 43.0 Å². The van der Waals surface area contributed by atoms with Crippen LogP contribution in [0.5, 0.6) is 0 Å². The fourth-order valence-electron chi connectivity index (χ4n) is 2.74. The van der Waals surface area contributed by atoms with E-state index in [4.69, 9.17) is 0 Å². The minimum absolute atomic E-state index is 0.00455. The van der Waals surface area contributed by atoms with Gasteiger partial charge in [0, 0.05) is 11.9 Å². The standard InChI is InChI=1S/C19H22N4OS/c1-4-13-9-6-8-12(3)16(13)22-18(24)15(5-2)25-19-21-14-10-7-11-20-17(14)23-19/h6-11,15H,4-5H2,1-3H3,(H,22,24)(H,20,21,23)/t15-/m0/s1. The molecule has 3 rings (SSSR count). The number of H-pyrrole nitrogens is 1. The Labute approximate surface area is 151 Å². The molecule has 6 heteroatoms. The third-order valence-electron chi connectivity index (χ3n) is 4.14. The summed E-state index contributed by atoms with van der Waals surface area (Å²) in [6.07, 6.45) is 3.32. The van der Waals surface area contributed by atoms with E-state index in [2.05, 4.69) is 33.3 Å². The van der Waals surface area contributed by atoms with E-state index in [1.807, 2.05) is 38.1 Å². The van der Waals surface area contributed by atoms with Crippen molar-refractivity contribution in [1.29, 1.82) is 0 Å². The number of carbonyl (C=O) groups is 1. The molecule has 0 aliphatic rings. The number of imidazole rings is 1. The second-order valence-corrected chi connectivity index (χ2v) is 7.07. The molecule has 2 aromatic heterocycles. The minimum Gasteiger partial charge on any atom is -0.332 e. The van der Waals surface area contributed by atoms with Gasteiger partial charge in [0.2, 0.25) is 5.91 Å². The fraction of sp³-hybridized carbons (Fsp3) is 0.316. The van der Waals surface area contributed by atoms with E-state index in [9.17, 15) is 4.79 Å². The summed E-state index contributed by atoms with van der Waals surface area (Å²) >= 11 is 1.44. The van der Waals surface area contributed by atoms with Crippen molar-refractivity contribution < 1.29 is 4.79 Å². The number of rotatable bonds is 6. The zero-order valence-electron chi connectivity index (χ0n) is 14.7. The lowest BCUT2D eigenvalue weighted by Crippen LogP contribution is -2.25. The summed E-state index contributed by atoms with van der Waals surface area (Å²) in [6.45, 7) is 6.13. The number of hydrogen-bond acceptors (Lipinski definition) is 4. The minimum atomic E-state index is -0.218. The normalized spacial score (nSPS) is 12.3. The maximum absolute atomic E-state index is 12.8. The smallest absolute Gasteiger partial charge is 0.237 e. The summed E-state index contributed by atoms with van der Waals surface area (Å²) in [7, 11) is 0. The number of nitrogens with one attached hydrogen (secondary N) is 2. The Bertz CT molecular complexity index is 857. The molecule has 1 amide bonds. The highest BCUT2D eigenvalue weighted by atomic mass is 32.2. The molecule has 0 aliphatic heterocycles. The number of amides is 1.